The van der Waals surface area contributed by atoms with Gasteiger partial charge in [0, 0.05) is 36.9 Å². The van der Waals surface area contributed by atoms with Gasteiger partial charge in [0.15, 0.2) is 0 Å². The molecule has 0 atom stereocenters. The second kappa shape index (κ2) is 8.10. The number of benzene rings is 2. The second-order valence-electron chi connectivity index (χ2n) is 5.92. The topological polar surface area (TPSA) is 61.9 Å². The number of nitrogens with zero attached hydrogens (tertiary/aromatic N) is 2. The molecule has 0 radical (unpaired) electrons. The predicted molar refractivity (Wildman–Crippen MR) is 102 cm³/mol. The number of ether oxygens (including phenoxy) is 1. The van der Waals surface area contributed by atoms with Gasteiger partial charge in [0.25, 0.3) is 0 Å². The van der Waals surface area contributed by atoms with Crippen molar-refractivity contribution in [2.24, 2.45) is 0 Å². The summed E-state index contributed by atoms with van der Waals surface area (Å²) in [7, 11) is 1.32. The Hall–Kier alpha value is -2.73. The Kier molecular flexibility index (Phi) is 5.63. The zero-order chi connectivity index (χ0) is 18.5. The smallest absolute Gasteiger partial charge is 0.339 e. The molecular weight excluding hydrogens is 354 g/mol. The normalized spacial score (nSPS) is 14.1. The van der Waals surface area contributed by atoms with E-state index in [1.54, 1.807) is 29.2 Å². The lowest BCUT2D eigenvalue weighted by Crippen LogP contribution is -2.50. The summed E-state index contributed by atoms with van der Waals surface area (Å²) in [4.78, 5) is 28.3. The van der Waals surface area contributed by atoms with Gasteiger partial charge in [0.2, 0.25) is 0 Å². The molecule has 0 aromatic heterocycles. The maximum Gasteiger partial charge on any atom is 0.339 e. The minimum atomic E-state index is -0.480. The molecule has 1 fully saturated rings. The number of anilines is 2. The number of halogens is 1. The number of esters is 1. The highest BCUT2D eigenvalue weighted by Gasteiger charge is 2.22. The van der Waals surface area contributed by atoms with Gasteiger partial charge in [-0.05, 0) is 30.3 Å². The third-order valence-electron chi connectivity index (χ3n) is 4.31. The fraction of sp³-hybridized carbons (Fsp3) is 0.263. The summed E-state index contributed by atoms with van der Waals surface area (Å²) >= 11 is 6.05. The van der Waals surface area contributed by atoms with Crippen LogP contribution in [0, 0.1) is 0 Å². The van der Waals surface area contributed by atoms with Crippen LogP contribution in [0.4, 0.5) is 16.2 Å². The van der Waals surface area contributed by atoms with E-state index in [0.717, 1.165) is 5.69 Å². The molecule has 6 nitrogen and oxygen atoms in total. The van der Waals surface area contributed by atoms with E-state index in [2.05, 4.69) is 10.2 Å². The minimum Gasteiger partial charge on any atom is -0.465 e. The fourth-order valence-corrected chi connectivity index (χ4v) is 3.10. The van der Waals surface area contributed by atoms with Gasteiger partial charge in [0.1, 0.15) is 0 Å². The van der Waals surface area contributed by atoms with Gasteiger partial charge >= 0.3 is 12.0 Å². The number of rotatable bonds is 3. The van der Waals surface area contributed by atoms with Crippen molar-refractivity contribution in [1.29, 1.82) is 0 Å². The van der Waals surface area contributed by atoms with Crippen molar-refractivity contribution < 1.29 is 14.3 Å². The van der Waals surface area contributed by atoms with Crippen LogP contribution in [-0.2, 0) is 4.74 Å². The Morgan fingerprint density at radius 2 is 1.77 bits per heavy atom. The Labute approximate surface area is 157 Å². The second-order valence-corrected chi connectivity index (χ2v) is 6.36. The molecule has 2 aromatic rings. The molecule has 26 heavy (non-hydrogen) atoms. The Morgan fingerprint density at radius 3 is 2.46 bits per heavy atom. The van der Waals surface area contributed by atoms with Gasteiger partial charge in [-0.2, -0.15) is 0 Å². The molecule has 3 rings (SSSR count). The summed E-state index contributed by atoms with van der Waals surface area (Å²) in [6.07, 6.45) is 0. The molecule has 1 aliphatic heterocycles. The lowest BCUT2D eigenvalue weighted by atomic mass is 10.2. The molecule has 2 aromatic carbocycles. The first-order valence-electron chi connectivity index (χ1n) is 8.32. The van der Waals surface area contributed by atoms with Gasteiger partial charge in [-0.25, -0.2) is 9.59 Å². The summed E-state index contributed by atoms with van der Waals surface area (Å²) < 4.78 is 4.76. The van der Waals surface area contributed by atoms with Crippen LogP contribution < -0.4 is 10.2 Å². The van der Waals surface area contributed by atoms with Crippen molar-refractivity contribution in [1.82, 2.24) is 4.90 Å². The molecular formula is C19H20ClN3O3. The van der Waals surface area contributed by atoms with Crippen LogP contribution in [-0.4, -0.2) is 50.2 Å². The van der Waals surface area contributed by atoms with Crippen molar-refractivity contribution in [2.45, 2.75) is 0 Å². The maximum absolute atomic E-state index is 12.6. The average molecular weight is 374 g/mol. The lowest BCUT2D eigenvalue weighted by Gasteiger charge is -2.36. The molecule has 136 valence electrons. The van der Waals surface area contributed by atoms with Crippen molar-refractivity contribution in [3.05, 3.63) is 59.1 Å². The van der Waals surface area contributed by atoms with Crippen LogP contribution in [0.15, 0.2) is 48.5 Å². The molecule has 1 saturated heterocycles. The first-order valence-corrected chi connectivity index (χ1v) is 8.70. The summed E-state index contributed by atoms with van der Waals surface area (Å²) in [5, 5.41) is 3.50. The lowest BCUT2D eigenvalue weighted by molar-refractivity contribution is 0.0602. The van der Waals surface area contributed by atoms with Gasteiger partial charge in [-0.3, -0.25) is 0 Å². The third-order valence-corrected chi connectivity index (χ3v) is 4.55. The van der Waals surface area contributed by atoms with E-state index in [1.165, 1.54) is 7.11 Å². The summed E-state index contributed by atoms with van der Waals surface area (Å²) in [5.74, 6) is -0.480. The Bertz CT molecular complexity index is 804. The van der Waals surface area contributed by atoms with E-state index in [0.29, 0.717) is 42.5 Å². The number of hydrogen-bond acceptors (Lipinski definition) is 4. The number of nitrogens with one attached hydrogen (secondary N) is 1. The highest BCUT2D eigenvalue weighted by Crippen LogP contribution is 2.21. The number of hydrogen-bond donors (Lipinski definition) is 1. The largest absolute Gasteiger partial charge is 0.465 e. The zero-order valence-corrected chi connectivity index (χ0v) is 15.2. The van der Waals surface area contributed by atoms with E-state index < -0.39 is 5.97 Å². The number of urea groups is 1. The standard InChI is InChI=1S/C19H20ClN3O3/c1-26-18(24)16-7-2-3-8-17(16)21-19(25)23-11-9-22(10-12-23)15-6-4-5-14(20)13-15/h2-8,13H,9-12H2,1H3,(H,21,25). The van der Waals surface area contributed by atoms with Crippen molar-refractivity contribution in [3.63, 3.8) is 0 Å². The quantitative estimate of drug-likeness (QED) is 0.837. The van der Waals surface area contributed by atoms with E-state index in [4.69, 9.17) is 16.3 Å². The third kappa shape index (κ3) is 4.08. The zero-order valence-electron chi connectivity index (χ0n) is 14.4. The van der Waals surface area contributed by atoms with Gasteiger partial charge < -0.3 is 19.9 Å². The minimum absolute atomic E-state index is 0.230. The number of methoxy groups -OCH3 is 1. The summed E-state index contributed by atoms with van der Waals surface area (Å²) in [5.41, 5.74) is 1.83. The number of carbonyl (C=O) groups excluding carboxylic acids is 2. The molecule has 0 aliphatic carbocycles. The van der Waals surface area contributed by atoms with Crippen LogP contribution >= 0.6 is 11.6 Å². The average Bonchev–Trinajstić information content (AvgIpc) is 2.68. The molecule has 0 unspecified atom stereocenters. The van der Waals surface area contributed by atoms with E-state index >= 15 is 0 Å². The molecule has 1 aliphatic rings. The Balaban J connectivity index is 1.62. The summed E-state index contributed by atoms with van der Waals surface area (Å²) in [6.45, 7) is 2.59. The maximum atomic E-state index is 12.6. The van der Waals surface area contributed by atoms with Gasteiger partial charge in [0.05, 0.1) is 18.4 Å². The highest BCUT2D eigenvalue weighted by molar-refractivity contribution is 6.30. The molecule has 0 spiro atoms. The monoisotopic (exact) mass is 373 g/mol. The van der Waals surface area contributed by atoms with Gasteiger partial charge in [-0.15, -0.1) is 0 Å². The highest BCUT2D eigenvalue weighted by atomic mass is 35.5. The first kappa shape index (κ1) is 18.1. The van der Waals surface area contributed by atoms with Gasteiger partial charge in [-0.1, -0.05) is 29.8 Å². The van der Waals surface area contributed by atoms with Crippen molar-refractivity contribution in [3.8, 4) is 0 Å². The fourth-order valence-electron chi connectivity index (χ4n) is 2.91. The van der Waals surface area contributed by atoms with E-state index in [1.807, 2.05) is 24.3 Å². The number of piperazine rings is 1. The van der Waals surface area contributed by atoms with Crippen LogP contribution in [0.25, 0.3) is 0 Å². The molecule has 7 heteroatoms. The van der Waals surface area contributed by atoms with Crippen molar-refractivity contribution >= 4 is 35.0 Å². The molecule has 2 amide bonds. The first-order chi connectivity index (χ1) is 12.6. The predicted octanol–water partition coefficient (Wildman–Crippen LogP) is 3.48. The molecule has 0 bridgehead atoms. The van der Waals surface area contributed by atoms with Crippen molar-refractivity contribution in [2.75, 3.05) is 43.5 Å². The van der Waals surface area contributed by atoms with E-state index in [9.17, 15) is 9.59 Å². The van der Waals surface area contributed by atoms with E-state index in [-0.39, 0.29) is 6.03 Å². The molecule has 1 heterocycles. The Morgan fingerprint density at radius 1 is 1.04 bits per heavy atom. The van der Waals surface area contributed by atoms with Crippen LogP contribution in [0.3, 0.4) is 0 Å². The van der Waals surface area contributed by atoms with Crippen LogP contribution in [0.1, 0.15) is 10.4 Å². The van der Waals surface area contributed by atoms with Crippen LogP contribution in [0.2, 0.25) is 5.02 Å². The SMILES string of the molecule is COC(=O)c1ccccc1NC(=O)N1CCN(c2cccc(Cl)c2)CC1. The molecule has 0 saturated carbocycles. The molecule has 1 N–H and O–H groups in total. The number of carbonyl (C=O) groups is 2. The number of para-hydroxylation sites is 1. The summed E-state index contributed by atoms with van der Waals surface area (Å²) in [6, 6.07) is 14.3. The van der Waals surface area contributed by atoms with Crippen LogP contribution in [0.5, 0.6) is 0 Å². The number of amides is 2.